The highest BCUT2D eigenvalue weighted by Gasteiger charge is 2.21. The van der Waals surface area contributed by atoms with E-state index in [9.17, 15) is 0 Å². The van der Waals surface area contributed by atoms with Gasteiger partial charge in [-0.3, -0.25) is 4.40 Å². The zero-order chi connectivity index (χ0) is 22.5. The van der Waals surface area contributed by atoms with Crippen LogP contribution in [-0.2, 0) is 0 Å². The van der Waals surface area contributed by atoms with Gasteiger partial charge in [0.15, 0.2) is 11.3 Å². The number of hydrogen-bond donors (Lipinski definition) is 0. The van der Waals surface area contributed by atoms with E-state index < -0.39 is 0 Å². The number of nitrogens with zero attached hydrogens (tertiary/aromatic N) is 6. The summed E-state index contributed by atoms with van der Waals surface area (Å²) in [5, 5.41) is 0.969. The number of hydrogen-bond acceptors (Lipinski definition) is 4. The molecule has 0 atom stereocenters. The molecule has 0 saturated heterocycles. The third-order valence-corrected chi connectivity index (χ3v) is 6.02. The normalized spacial score (nSPS) is 11.5. The lowest BCUT2D eigenvalue weighted by molar-refractivity contribution is 0.959. The van der Waals surface area contributed by atoms with Crippen molar-refractivity contribution in [2.75, 3.05) is 0 Å². The molecule has 34 heavy (non-hydrogen) atoms. The lowest BCUT2D eigenvalue weighted by atomic mass is 10.1. The molecule has 0 fully saturated rings. The molecule has 5 aromatic heterocycles. The summed E-state index contributed by atoms with van der Waals surface area (Å²) in [4.78, 5) is 19.7. The fourth-order valence-electron chi connectivity index (χ4n) is 4.48. The predicted molar refractivity (Wildman–Crippen MR) is 134 cm³/mol. The number of rotatable bonds is 3. The van der Waals surface area contributed by atoms with E-state index in [0.29, 0.717) is 5.95 Å². The van der Waals surface area contributed by atoms with Crippen molar-refractivity contribution in [3.63, 3.8) is 0 Å². The molecule has 0 unspecified atom stereocenters. The van der Waals surface area contributed by atoms with E-state index in [1.807, 2.05) is 83.6 Å². The second-order valence-electron chi connectivity index (χ2n) is 8.09. The lowest BCUT2D eigenvalue weighted by Crippen LogP contribution is -2.06. The van der Waals surface area contributed by atoms with Crippen molar-refractivity contribution in [1.82, 2.24) is 28.9 Å². The van der Waals surface area contributed by atoms with Crippen LogP contribution in [0.2, 0.25) is 0 Å². The van der Waals surface area contributed by atoms with E-state index in [1.165, 1.54) is 0 Å². The van der Waals surface area contributed by atoms with Gasteiger partial charge in [-0.15, -0.1) is 0 Å². The van der Waals surface area contributed by atoms with E-state index in [2.05, 4.69) is 28.7 Å². The molecule has 0 radical (unpaired) electrons. The van der Waals surface area contributed by atoms with Gasteiger partial charge in [-0.2, -0.15) is 0 Å². The maximum atomic E-state index is 5.03. The van der Waals surface area contributed by atoms with E-state index >= 15 is 0 Å². The lowest BCUT2D eigenvalue weighted by Gasteiger charge is -2.11. The van der Waals surface area contributed by atoms with Gasteiger partial charge in [0.2, 0.25) is 5.95 Å². The summed E-state index contributed by atoms with van der Waals surface area (Å²) in [7, 11) is 0. The highest BCUT2D eigenvalue weighted by molar-refractivity contribution is 6.05. The number of pyridine rings is 2. The van der Waals surface area contributed by atoms with Crippen LogP contribution < -0.4 is 0 Å². The maximum absolute atomic E-state index is 5.03. The summed E-state index contributed by atoms with van der Waals surface area (Å²) in [6, 6.07) is 32.4. The zero-order valence-corrected chi connectivity index (χ0v) is 18.1. The molecular weight excluding hydrogens is 420 g/mol. The molecule has 0 spiro atoms. The first-order valence-corrected chi connectivity index (χ1v) is 11.1. The van der Waals surface area contributed by atoms with Crippen molar-refractivity contribution < 1.29 is 0 Å². The van der Waals surface area contributed by atoms with Crippen LogP contribution in [0.15, 0.2) is 109 Å². The van der Waals surface area contributed by atoms with Crippen molar-refractivity contribution in [3.05, 3.63) is 109 Å². The van der Waals surface area contributed by atoms with Gasteiger partial charge in [0.25, 0.3) is 0 Å². The van der Waals surface area contributed by atoms with Crippen LogP contribution in [0.25, 0.3) is 56.3 Å². The molecule has 0 bridgehead atoms. The van der Waals surface area contributed by atoms with Gasteiger partial charge in [0.1, 0.15) is 11.2 Å². The van der Waals surface area contributed by atoms with E-state index in [0.717, 1.165) is 50.4 Å². The molecule has 7 aromatic rings. The Labute approximate surface area is 194 Å². The Bertz CT molecular complexity index is 1740. The van der Waals surface area contributed by atoms with Crippen LogP contribution >= 0.6 is 0 Å². The van der Waals surface area contributed by atoms with Crippen molar-refractivity contribution in [2.24, 2.45) is 0 Å². The second-order valence-corrected chi connectivity index (χ2v) is 8.09. The van der Waals surface area contributed by atoms with Gasteiger partial charge >= 0.3 is 0 Å². The monoisotopic (exact) mass is 438 g/mol. The largest absolute Gasteiger partial charge is 0.285 e. The smallest absolute Gasteiger partial charge is 0.238 e. The van der Waals surface area contributed by atoms with Crippen LogP contribution in [0, 0.1) is 0 Å². The maximum Gasteiger partial charge on any atom is 0.238 e. The van der Waals surface area contributed by atoms with Gasteiger partial charge < -0.3 is 0 Å². The van der Waals surface area contributed by atoms with Crippen molar-refractivity contribution in [3.8, 4) is 28.5 Å². The van der Waals surface area contributed by atoms with E-state index in [-0.39, 0.29) is 0 Å². The predicted octanol–water partition coefficient (Wildman–Crippen LogP) is 5.95. The molecule has 5 heterocycles. The third kappa shape index (κ3) is 2.82. The molecule has 7 rings (SSSR count). The molecule has 0 amide bonds. The Morgan fingerprint density at radius 2 is 1.29 bits per heavy atom. The van der Waals surface area contributed by atoms with Crippen LogP contribution in [0.5, 0.6) is 0 Å². The third-order valence-electron chi connectivity index (χ3n) is 6.02. The fourth-order valence-corrected chi connectivity index (χ4v) is 4.48. The number of aromatic nitrogens is 6. The van der Waals surface area contributed by atoms with Crippen LogP contribution in [0.1, 0.15) is 0 Å². The molecule has 2 aromatic carbocycles. The van der Waals surface area contributed by atoms with Gasteiger partial charge in [-0.25, -0.2) is 24.5 Å². The standard InChI is InChI=1S/C28H18N6/c1-3-10-19(11-4-1)22-18-23(20-12-5-2-6-13-20)31-28(30-22)34-26-21(14-9-16-29-26)25-27(34)33-17-8-7-15-24(33)32-25/h1-18H. The topological polar surface area (TPSA) is 60.9 Å². The minimum atomic E-state index is 0.560. The molecule has 0 aliphatic carbocycles. The summed E-state index contributed by atoms with van der Waals surface area (Å²) < 4.78 is 4.08. The zero-order valence-electron chi connectivity index (χ0n) is 18.1. The summed E-state index contributed by atoms with van der Waals surface area (Å²) in [6.07, 6.45) is 3.81. The highest BCUT2D eigenvalue weighted by Crippen LogP contribution is 2.32. The molecule has 0 aliphatic rings. The number of imidazole rings is 1. The molecule has 160 valence electrons. The quantitative estimate of drug-likeness (QED) is 0.342. The molecule has 0 saturated carbocycles. The Hall–Kier alpha value is -4.84. The first kappa shape index (κ1) is 18.7. The number of benzene rings is 2. The second kappa shape index (κ2) is 7.35. The van der Waals surface area contributed by atoms with Crippen LogP contribution in [-0.4, -0.2) is 28.9 Å². The van der Waals surface area contributed by atoms with Gasteiger partial charge in [-0.1, -0.05) is 66.7 Å². The Morgan fingerprint density at radius 3 is 2.00 bits per heavy atom. The van der Waals surface area contributed by atoms with Gasteiger partial charge in [0, 0.05) is 28.9 Å². The minimum Gasteiger partial charge on any atom is -0.285 e. The Morgan fingerprint density at radius 1 is 0.618 bits per heavy atom. The average Bonchev–Trinajstić information content (AvgIpc) is 3.44. The first-order valence-electron chi connectivity index (χ1n) is 11.1. The van der Waals surface area contributed by atoms with Crippen LogP contribution in [0.4, 0.5) is 0 Å². The first-order chi connectivity index (χ1) is 16.9. The summed E-state index contributed by atoms with van der Waals surface area (Å²) in [5.74, 6) is 0.560. The molecule has 6 nitrogen and oxygen atoms in total. The molecule has 0 N–H and O–H groups in total. The SMILES string of the molecule is c1ccc(-c2cc(-c3ccccc3)nc(-n3c4ncccc4c4nc5ccccn5c43)n2)cc1. The highest BCUT2D eigenvalue weighted by atomic mass is 15.2. The molecule has 0 aliphatic heterocycles. The minimum absolute atomic E-state index is 0.560. The van der Waals surface area contributed by atoms with Crippen molar-refractivity contribution in [1.29, 1.82) is 0 Å². The van der Waals surface area contributed by atoms with Gasteiger partial charge in [-0.05, 0) is 30.3 Å². The summed E-state index contributed by atoms with van der Waals surface area (Å²) in [5.41, 5.74) is 7.19. The molecular formula is C28H18N6. The van der Waals surface area contributed by atoms with E-state index in [1.54, 1.807) is 6.20 Å². The Balaban J connectivity index is 1.61. The Kier molecular flexibility index (Phi) is 4.04. The summed E-state index contributed by atoms with van der Waals surface area (Å²) in [6.45, 7) is 0. The number of fused-ring (bicyclic) bond motifs is 5. The average molecular weight is 438 g/mol. The summed E-state index contributed by atoms with van der Waals surface area (Å²) >= 11 is 0. The van der Waals surface area contributed by atoms with Crippen LogP contribution in [0.3, 0.4) is 0 Å². The fraction of sp³-hybridized carbons (Fsp3) is 0. The van der Waals surface area contributed by atoms with Crippen molar-refractivity contribution in [2.45, 2.75) is 0 Å². The van der Waals surface area contributed by atoms with Gasteiger partial charge in [0.05, 0.1) is 11.4 Å². The molecule has 6 heteroatoms. The van der Waals surface area contributed by atoms with Crippen molar-refractivity contribution >= 4 is 27.8 Å². The van der Waals surface area contributed by atoms with E-state index in [4.69, 9.17) is 19.9 Å².